The quantitative estimate of drug-likeness (QED) is 0.849. The number of hydrogen-bond acceptors (Lipinski definition) is 3. The van der Waals surface area contributed by atoms with E-state index in [1.54, 1.807) is 18.2 Å². The Hall–Kier alpha value is -1.29. The number of thioether (sulfide) groups is 1. The molecule has 0 unspecified atom stereocenters. The first kappa shape index (κ1) is 13.1. The van der Waals surface area contributed by atoms with E-state index in [4.69, 9.17) is 0 Å². The maximum atomic E-state index is 11.9. The topological polar surface area (TPSA) is 46.2 Å². The molecule has 1 heterocycles. The molecule has 96 valence electrons. The van der Waals surface area contributed by atoms with Crippen LogP contribution in [0.15, 0.2) is 24.3 Å². The summed E-state index contributed by atoms with van der Waals surface area (Å²) < 4.78 is 0. The molecule has 0 spiro atoms. The first-order valence-corrected chi connectivity index (χ1v) is 7.36. The fourth-order valence-electron chi connectivity index (χ4n) is 2.11. The highest BCUT2D eigenvalue weighted by Crippen LogP contribution is 2.25. The monoisotopic (exact) mass is 263 g/mol. The smallest absolute Gasteiger partial charge is 0.224 e. The van der Waals surface area contributed by atoms with Crippen molar-refractivity contribution in [1.82, 2.24) is 0 Å². The van der Waals surface area contributed by atoms with E-state index in [-0.39, 0.29) is 5.91 Å². The molecule has 1 saturated heterocycles. The van der Waals surface area contributed by atoms with Crippen molar-refractivity contribution in [2.45, 2.75) is 19.3 Å². The van der Waals surface area contributed by atoms with E-state index in [1.165, 1.54) is 11.5 Å². The lowest BCUT2D eigenvalue weighted by Crippen LogP contribution is -2.19. The Kier molecular flexibility index (Phi) is 4.81. The van der Waals surface area contributed by atoms with Crippen LogP contribution >= 0.6 is 11.8 Å². The first-order chi connectivity index (χ1) is 8.78. The molecule has 1 aromatic carbocycles. The van der Waals surface area contributed by atoms with Gasteiger partial charge in [0.1, 0.15) is 6.29 Å². The summed E-state index contributed by atoms with van der Waals surface area (Å²) in [5.74, 6) is 2.90. The van der Waals surface area contributed by atoms with Crippen LogP contribution < -0.4 is 5.32 Å². The summed E-state index contributed by atoms with van der Waals surface area (Å²) in [5, 5.41) is 2.86. The second kappa shape index (κ2) is 6.59. The average Bonchev–Trinajstić information content (AvgIpc) is 2.40. The van der Waals surface area contributed by atoms with Gasteiger partial charge < -0.3 is 5.32 Å². The maximum absolute atomic E-state index is 11.9. The van der Waals surface area contributed by atoms with Gasteiger partial charge >= 0.3 is 0 Å². The van der Waals surface area contributed by atoms with Crippen LogP contribution in [0.4, 0.5) is 5.69 Å². The predicted molar refractivity (Wildman–Crippen MR) is 75.1 cm³/mol. The van der Waals surface area contributed by atoms with E-state index in [9.17, 15) is 9.59 Å². The van der Waals surface area contributed by atoms with Gasteiger partial charge in [-0.2, -0.15) is 11.8 Å². The summed E-state index contributed by atoms with van der Waals surface area (Å²) in [7, 11) is 0. The summed E-state index contributed by atoms with van der Waals surface area (Å²) in [6, 6.07) is 7.00. The number of amides is 1. The molecular weight excluding hydrogens is 246 g/mol. The Labute approximate surface area is 111 Å². The predicted octanol–water partition coefficient (Wildman–Crippen LogP) is 2.97. The summed E-state index contributed by atoms with van der Waals surface area (Å²) in [4.78, 5) is 22.5. The third-order valence-corrected chi connectivity index (χ3v) is 4.17. The van der Waals surface area contributed by atoms with Gasteiger partial charge in [0.2, 0.25) is 5.91 Å². The number of nitrogens with one attached hydrogen (secondary N) is 1. The van der Waals surface area contributed by atoms with Gasteiger partial charge in [-0.15, -0.1) is 0 Å². The Balaban J connectivity index is 1.87. The highest BCUT2D eigenvalue weighted by Gasteiger charge is 2.17. The van der Waals surface area contributed by atoms with E-state index in [0.29, 0.717) is 23.6 Å². The molecule has 1 aliphatic heterocycles. The third kappa shape index (κ3) is 3.88. The highest BCUT2D eigenvalue weighted by atomic mass is 32.2. The molecule has 4 heteroatoms. The molecule has 0 atom stereocenters. The minimum absolute atomic E-state index is 0.0509. The largest absolute Gasteiger partial charge is 0.326 e. The summed E-state index contributed by atoms with van der Waals surface area (Å²) in [6.07, 6.45) is 3.64. The standard InChI is InChI=1S/C14H17NO2S/c16-10-12-2-1-3-13(8-12)15-14(17)9-11-4-6-18-7-5-11/h1-3,8,10-11H,4-7,9H2,(H,15,17). The molecule has 3 nitrogen and oxygen atoms in total. The van der Waals surface area contributed by atoms with E-state index in [2.05, 4.69) is 5.32 Å². The number of benzene rings is 1. The van der Waals surface area contributed by atoms with Crippen LogP contribution in [0.5, 0.6) is 0 Å². The van der Waals surface area contributed by atoms with Gasteiger partial charge in [-0.3, -0.25) is 9.59 Å². The number of rotatable bonds is 4. The van der Waals surface area contributed by atoms with Crippen LogP contribution in [-0.4, -0.2) is 23.7 Å². The number of hydrogen-bond donors (Lipinski definition) is 1. The van der Waals surface area contributed by atoms with E-state index < -0.39 is 0 Å². The van der Waals surface area contributed by atoms with Crippen molar-refractivity contribution in [3.63, 3.8) is 0 Å². The lowest BCUT2D eigenvalue weighted by Gasteiger charge is -2.20. The molecule has 1 amide bonds. The van der Waals surface area contributed by atoms with Crippen LogP contribution in [0.25, 0.3) is 0 Å². The third-order valence-electron chi connectivity index (χ3n) is 3.12. The van der Waals surface area contributed by atoms with Gasteiger partial charge in [-0.25, -0.2) is 0 Å². The summed E-state index contributed by atoms with van der Waals surface area (Å²) >= 11 is 1.96. The molecule has 18 heavy (non-hydrogen) atoms. The van der Waals surface area contributed by atoms with Crippen LogP contribution in [0, 0.1) is 5.92 Å². The second-order valence-corrected chi connectivity index (χ2v) is 5.78. The maximum Gasteiger partial charge on any atom is 0.224 e. The lowest BCUT2D eigenvalue weighted by molar-refractivity contribution is -0.117. The number of carbonyl (C=O) groups excluding carboxylic acids is 2. The minimum atomic E-state index is 0.0509. The molecule has 2 rings (SSSR count). The van der Waals surface area contributed by atoms with Crippen molar-refractivity contribution in [1.29, 1.82) is 0 Å². The van der Waals surface area contributed by atoms with Gasteiger partial charge in [0, 0.05) is 17.7 Å². The zero-order valence-corrected chi connectivity index (χ0v) is 11.0. The fourth-order valence-corrected chi connectivity index (χ4v) is 3.32. The Bertz CT molecular complexity index is 428. The number of aldehydes is 1. The van der Waals surface area contributed by atoms with Crippen LogP contribution in [0.3, 0.4) is 0 Å². The second-order valence-electron chi connectivity index (χ2n) is 4.55. The van der Waals surface area contributed by atoms with Crippen LogP contribution in [0.1, 0.15) is 29.6 Å². The first-order valence-electron chi connectivity index (χ1n) is 6.21. The van der Waals surface area contributed by atoms with Gasteiger partial charge in [-0.05, 0) is 42.4 Å². The molecule has 0 aromatic heterocycles. The molecule has 1 N–H and O–H groups in total. The molecule has 0 bridgehead atoms. The Morgan fingerprint density at radius 3 is 2.89 bits per heavy atom. The molecule has 0 saturated carbocycles. The van der Waals surface area contributed by atoms with Crippen molar-refractivity contribution >= 4 is 29.6 Å². The van der Waals surface area contributed by atoms with E-state index in [0.717, 1.165) is 19.1 Å². The van der Waals surface area contributed by atoms with Crippen molar-refractivity contribution < 1.29 is 9.59 Å². The van der Waals surface area contributed by atoms with Gasteiger partial charge in [0.25, 0.3) is 0 Å². The van der Waals surface area contributed by atoms with Gasteiger partial charge in [-0.1, -0.05) is 12.1 Å². The van der Waals surface area contributed by atoms with Gasteiger partial charge in [0.15, 0.2) is 0 Å². The Morgan fingerprint density at radius 2 is 2.17 bits per heavy atom. The molecule has 1 aromatic rings. The minimum Gasteiger partial charge on any atom is -0.326 e. The molecule has 1 fully saturated rings. The number of anilines is 1. The van der Waals surface area contributed by atoms with Crippen molar-refractivity contribution in [3.8, 4) is 0 Å². The highest BCUT2D eigenvalue weighted by molar-refractivity contribution is 7.99. The van der Waals surface area contributed by atoms with E-state index >= 15 is 0 Å². The van der Waals surface area contributed by atoms with Crippen molar-refractivity contribution in [3.05, 3.63) is 29.8 Å². The normalized spacial score (nSPS) is 16.2. The van der Waals surface area contributed by atoms with Crippen molar-refractivity contribution in [2.24, 2.45) is 5.92 Å². The SMILES string of the molecule is O=Cc1cccc(NC(=O)CC2CCSCC2)c1. The van der Waals surface area contributed by atoms with Crippen LogP contribution in [0.2, 0.25) is 0 Å². The molecule has 1 aliphatic rings. The van der Waals surface area contributed by atoms with Crippen LogP contribution in [-0.2, 0) is 4.79 Å². The van der Waals surface area contributed by atoms with Gasteiger partial charge in [0.05, 0.1) is 0 Å². The zero-order valence-electron chi connectivity index (χ0n) is 10.2. The van der Waals surface area contributed by atoms with E-state index in [1.807, 2.05) is 17.8 Å². The average molecular weight is 263 g/mol. The molecular formula is C14H17NO2S. The van der Waals surface area contributed by atoms with Crippen molar-refractivity contribution in [2.75, 3.05) is 16.8 Å². The molecule has 0 radical (unpaired) electrons. The lowest BCUT2D eigenvalue weighted by atomic mass is 9.98. The summed E-state index contributed by atoms with van der Waals surface area (Å²) in [6.45, 7) is 0. The molecule has 0 aliphatic carbocycles. The fraction of sp³-hybridized carbons (Fsp3) is 0.429. The zero-order chi connectivity index (χ0) is 12.8. The number of carbonyl (C=O) groups is 2. The Morgan fingerprint density at radius 1 is 1.39 bits per heavy atom. The summed E-state index contributed by atoms with van der Waals surface area (Å²) in [5.41, 5.74) is 1.29.